The molecule has 0 saturated heterocycles. The van der Waals surface area contributed by atoms with Gasteiger partial charge in [-0.05, 0) is 43.3 Å². The summed E-state index contributed by atoms with van der Waals surface area (Å²) in [5.74, 6) is -1.75. The molecule has 0 atom stereocenters. The molecule has 2 heterocycles. The summed E-state index contributed by atoms with van der Waals surface area (Å²) in [5.41, 5.74) is 1.24. The first-order valence-corrected chi connectivity index (χ1v) is 8.82. The normalized spacial score (nSPS) is 17.6. The van der Waals surface area contributed by atoms with Gasteiger partial charge in [0.1, 0.15) is 5.76 Å². The van der Waals surface area contributed by atoms with E-state index in [2.05, 4.69) is 9.47 Å². The van der Waals surface area contributed by atoms with Crippen LogP contribution in [0.25, 0.3) is 11.3 Å². The highest BCUT2D eigenvalue weighted by Gasteiger charge is 2.44. The highest BCUT2D eigenvalue weighted by atomic mass is 19.3. The van der Waals surface area contributed by atoms with Crippen molar-refractivity contribution < 1.29 is 37.4 Å². The number of benzene rings is 2. The molecular weight excluding hydrogens is 400 g/mol. The molecule has 0 fully saturated rings. The topological polar surface area (TPSA) is 82.1 Å². The van der Waals surface area contributed by atoms with Gasteiger partial charge >= 0.3 is 6.29 Å². The average molecular weight is 415 g/mol. The number of anilines is 1. The van der Waals surface area contributed by atoms with Crippen LogP contribution in [0.4, 0.5) is 14.5 Å². The number of imide groups is 1. The summed E-state index contributed by atoms with van der Waals surface area (Å²) in [6.45, 7) is 2.61. The summed E-state index contributed by atoms with van der Waals surface area (Å²) in [4.78, 5) is 38.0. The summed E-state index contributed by atoms with van der Waals surface area (Å²) in [5, 5.41) is 0. The summed E-state index contributed by atoms with van der Waals surface area (Å²) < 4.78 is 41.0. The van der Waals surface area contributed by atoms with Crippen molar-refractivity contribution in [3.05, 3.63) is 53.1 Å². The second-order valence-corrected chi connectivity index (χ2v) is 6.68. The lowest BCUT2D eigenvalue weighted by Crippen LogP contribution is -2.31. The van der Waals surface area contributed by atoms with Gasteiger partial charge in [0.25, 0.3) is 5.91 Å². The van der Waals surface area contributed by atoms with Gasteiger partial charge in [-0.2, -0.15) is 0 Å². The summed E-state index contributed by atoms with van der Waals surface area (Å²) in [6.07, 6.45) is -3.79. The first-order chi connectivity index (χ1) is 14.1. The van der Waals surface area contributed by atoms with Gasteiger partial charge in [-0.25, -0.2) is 4.90 Å². The van der Waals surface area contributed by atoms with Crippen molar-refractivity contribution in [1.82, 2.24) is 0 Å². The maximum atomic E-state index is 13.4. The fraction of sp³-hybridized carbons (Fsp3) is 0.190. The number of rotatable bonds is 3. The van der Waals surface area contributed by atoms with Crippen LogP contribution in [0.2, 0.25) is 0 Å². The second kappa shape index (κ2) is 6.65. The van der Waals surface area contributed by atoms with E-state index in [9.17, 15) is 23.2 Å². The molecule has 9 heteroatoms. The number of ketones is 1. The van der Waals surface area contributed by atoms with E-state index >= 15 is 0 Å². The second-order valence-electron chi connectivity index (χ2n) is 6.68. The quantitative estimate of drug-likeness (QED) is 0.433. The third-order valence-electron chi connectivity index (χ3n) is 4.74. The molecule has 2 amide bonds. The molecule has 0 aliphatic carbocycles. The summed E-state index contributed by atoms with van der Waals surface area (Å²) in [6, 6.07) is 8.45. The number of alkyl halides is 2. The van der Waals surface area contributed by atoms with Gasteiger partial charge in [0.2, 0.25) is 5.91 Å². The van der Waals surface area contributed by atoms with E-state index in [1.54, 1.807) is 0 Å². The largest absolute Gasteiger partial charge is 0.586 e. The Bertz CT molecular complexity index is 1150. The Balaban J connectivity index is 1.93. The molecule has 2 aromatic carbocycles. The van der Waals surface area contributed by atoms with Crippen LogP contribution < -0.4 is 14.4 Å². The molecule has 30 heavy (non-hydrogen) atoms. The van der Waals surface area contributed by atoms with Gasteiger partial charge < -0.3 is 14.2 Å². The van der Waals surface area contributed by atoms with Crippen LogP contribution in [0.1, 0.15) is 35.3 Å². The molecule has 2 aliphatic rings. The highest BCUT2D eigenvalue weighted by Crippen LogP contribution is 2.45. The maximum absolute atomic E-state index is 13.4. The van der Waals surface area contributed by atoms with E-state index in [1.165, 1.54) is 57.4 Å². The minimum atomic E-state index is -3.79. The lowest BCUT2D eigenvalue weighted by Gasteiger charge is -2.13. The SMILES string of the molecule is COC(=C1C(=O)N(C(C)=O)c2ccc(C(C)=O)cc21)c1ccc2c(c1)OC(F)(F)O2. The Morgan fingerprint density at radius 3 is 2.30 bits per heavy atom. The molecular formula is C21H15F2NO6. The Labute approximate surface area is 169 Å². The fourth-order valence-electron chi connectivity index (χ4n) is 3.47. The van der Waals surface area contributed by atoms with Crippen LogP contribution in [0.3, 0.4) is 0 Å². The molecule has 154 valence electrons. The van der Waals surface area contributed by atoms with Gasteiger partial charge in [0.05, 0.1) is 18.4 Å². The van der Waals surface area contributed by atoms with E-state index in [0.29, 0.717) is 16.8 Å². The number of amides is 2. The highest BCUT2D eigenvalue weighted by molar-refractivity contribution is 6.43. The van der Waals surface area contributed by atoms with Crippen molar-refractivity contribution in [2.45, 2.75) is 20.1 Å². The van der Waals surface area contributed by atoms with E-state index in [4.69, 9.17) is 4.74 Å². The number of carbonyl (C=O) groups is 3. The summed E-state index contributed by atoms with van der Waals surface area (Å²) in [7, 11) is 1.31. The monoisotopic (exact) mass is 415 g/mol. The zero-order valence-corrected chi connectivity index (χ0v) is 16.1. The molecule has 0 N–H and O–H groups in total. The van der Waals surface area contributed by atoms with Crippen LogP contribution in [-0.4, -0.2) is 31.0 Å². The standard InChI is InChI=1S/C21H15F2NO6/c1-10(25)12-4-6-15-14(8-12)18(20(27)24(15)11(2)26)19(28-3)13-5-7-16-17(9-13)30-21(22,23)29-16/h4-9H,1-3H3. The van der Waals surface area contributed by atoms with Crippen molar-refractivity contribution in [3.63, 3.8) is 0 Å². The Morgan fingerprint density at radius 1 is 1.00 bits per heavy atom. The molecule has 0 saturated carbocycles. The van der Waals surface area contributed by atoms with Gasteiger partial charge in [0, 0.05) is 23.6 Å². The number of hydrogen-bond acceptors (Lipinski definition) is 6. The lowest BCUT2D eigenvalue weighted by atomic mass is 9.99. The number of carbonyl (C=O) groups excluding carboxylic acids is 3. The number of halogens is 2. The molecule has 4 rings (SSSR count). The molecule has 0 radical (unpaired) electrons. The van der Waals surface area contributed by atoms with E-state index < -0.39 is 18.1 Å². The van der Waals surface area contributed by atoms with E-state index in [1.807, 2.05) is 0 Å². The fourth-order valence-corrected chi connectivity index (χ4v) is 3.47. The Hall–Kier alpha value is -3.75. The molecule has 2 aliphatic heterocycles. The first kappa shape index (κ1) is 19.6. The van der Waals surface area contributed by atoms with Gasteiger partial charge in [0.15, 0.2) is 17.3 Å². The number of fused-ring (bicyclic) bond motifs is 2. The van der Waals surface area contributed by atoms with E-state index in [0.717, 1.165) is 4.90 Å². The van der Waals surface area contributed by atoms with Crippen molar-refractivity contribution >= 4 is 34.6 Å². The number of nitrogens with zero attached hydrogens (tertiary/aromatic N) is 1. The zero-order valence-electron chi connectivity index (χ0n) is 16.1. The zero-order chi connectivity index (χ0) is 21.8. The third kappa shape index (κ3) is 2.99. The predicted octanol–water partition coefficient (Wildman–Crippen LogP) is 3.62. The maximum Gasteiger partial charge on any atom is 0.586 e. The molecule has 0 spiro atoms. The number of Topliss-reactive ketones (excluding diaryl/α,β-unsaturated/α-hetero) is 1. The number of methoxy groups -OCH3 is 1. The van der Waals surface area contributed by atoms with Crippen LogP contribution in [0, 0.1) is 0 Å². The van der Waals surface area contributed by atoms with Crippen LogP contribution in [-0.2, 0) is 14.3 Å². The Kier molecular flexibility index (Phi) is 4.34. The minimum absolute atomic E-state index is 0.0245. The molecule has 0 aromatic heterocycles. The molecule has 7 nitrogen and oxygen atoms in total. The van der Waals surface area contributed by atoms with Crippen LogP contribution in [0.15, 0.2) is 36.4 Å². The average Bonchev–Trinajstić information content (AvgIpc) is 3.13. The summed E-state index contributed by atoms with van der Waals surface area (Å²) >= 11 is 0. The van der Waals surface area contributed by atoms with Gasteiger partial charge in [-0.1, -0.05) is 0 Å². The van der Waals surface area contributed by atoms with Crippen molar-refractivity contribution in [3.8, 4) is 11.5 Å². The molecule has 2 aromatic rings. The van der Waals surface area contributed by atoms with Crippen molar-refractivity contribution in [2.24, 2.45) is 0 Å². The first-order valence-electron chi connectivity index (χ1n) is 8.82. The number of hydrogen-bond donors (Lipinski definition) is 0. The Morgan fingerprint density at radius 2 is 1.67 bits per heavy atom. The molecule has 0 bridgehead atoms. The third-order valence-corrected chi connectivity index (χ3v) is 4.74. The van der Waals surface area contributed by atoms with Gasteiger partial charge in [-0.3, -0.25) is 14.4 Å². The molecule has 0 unspecified atom stereocenters. The smallest absolute Gasteiger partial charge is 0.495 e. The van der Waals surface area contributed by atoms with Crippen molar-refractivity contribution in [1.29, 1.82) is 0 Å². The van der Waals surface area contributed by atoms with Crippen LogP contribution in [0.5, 0.6) is 11.5 Å². The van der Waals surface area contributed by atoms with Crippen LogP contribution >= 0.6 is 0 Å². The van der Waals surface area contributed by atoms with Crippen molar-refractivity contribution in [2.75, 3.05) is 12.0 Å². The van der Waals surface area contributed by atoms with Gasteiger partial charge in [-0.15, -0.1) is 8.78 Å². The predicted molar refractivity (Wildman–Crippen MR) is 101 cm³/mol. The minimum Gasteiger partial charge on any atom is -0.495 e. The number of ether oxygens (including phenoxy) is 3. The van der Waals surface area contributed by atoms with E-state index in [-0.39, 0.29) is 34.2 Å². The lowest BCUT2D eigenvalue weighted by molar-refractivity contribution is -0.286.